The van der Waals surface area contributed by atoms with Crippen molar-refractivity contribution in [3.8, 4) is 0 Å². The van der Waals surface area contributed by atoms with Crippen LogP contribution in [0.1, 0.15) is 82.1 Å². The summed E-state index contributed by atoms with van der Waals surface area (Å²) < 4.78 is 35.0. The fourth-order valence-corrected chi connectivity index (χ4v) is 12.6. The van der Waals surface area contributed by atoms with Gasteiger partial charge in [0.2, 0.25) is 0 Å². The van der Waals surface area contributed by atoms with Gasteiger partial charge in [-0.2, -0.15) is 0 Å². The number of nitrogens with zero attached hydrogens (tertiary/aromatic N) is 6. The number of carbonyl (C=O) groups is 2. The molecule has 2 atom stereocenters. The molecule has 4 aromatic carbocycles. The maximum atomic E-state index is 13.6. The molecule has 1 aliphatic carbocycles. The number of amides is 2. The zero-order valence-electron chi connectivity index (χ0n) is 42.7. The van der Waals surface area contributed by atoms with Crippen LogP contribution in [0.4, 0.5) is 21.9 Å². The number of allylic oxidation sites excluding steroid dienone is 1. The van der Waals surface area contributed by atoms with Gasteiger partial charge in [-0.3, -0.25) is 24.7 Å². The first-order chi connectivity index (χ1) is 34.9. The largest absolute Gasteiger partial charge is 0.444 e. The molecule has 0 bridgehead atoms. The summed E-state index contributed by atoms with van der Waals surface area (Å²) in [4.78, 5) is 50.2. The van der Waals surface area contributed by atoms with Crippen LogP contribution >= 0.6 is 23.4 Å². The molecule has 0 spiro atoms. The van der Waals surface area contributed by atoms with E-state index in [4.69, 9.17) is 16.3 Å². The van der Waals surface area contributed by atoms with Gasteiger partial charge in [-0.15, -0.1) is 11.8 Å². The van der Waals surface area contributed by atoms with Crippen molar-refractivity contribution in [2.45, 2.75) is 87.7 Å². The minimum absolute atomic E-state index is 0.0767. The lowest BCUT2D eigenvalue weighted by molar-refractivity contribution is -0.384. The van der Waals surface area contributed by atoms with Crippen LogP contribution in [0, 0.1) is 15.5 Å². The molecule has 2 N–H and O–H groups in total. The molecule has 0 radical (unpaired) electrons. The second-order valence-electron chi connectivity index (χ2n) is 21.3. The molecule has 4 aliphatic rings. The highest BCUT2D eigenvalue weighted by atomic mass is 35.5. The van der Waals surface area contributed by atoms with Crippen LogP contribution in [0.15, 0.2) is 112 Å². The highest BCUT2D eigenvalue weighted by Gasteiger charge is 2.36. The Kier molecular flexibility index (Phi) is 17.8. The summed E-state index contributed by atoms with van der Waals surface area (Å²) in [6, 6.07) is 28.7. The standard InChI is InChI=1S/C55H71ClN8O7S2/c1-54(2,3)71-53(66)63-34-30-61(31-35-63)40-55(4)24-22-49(41-12-16-44(56)17-13-41)43(37-55)38-60-28-32-62(33-29-60)46-18-14-42(15-19-46)52(65)58-73(69,70)48-20-21-50(51(36-48)64(67)68)57-45(23-27-59-25-8-9-26-59)39-72-47-10-6-5-7-11-47/h5-7,10-21,36,45,57H,8-9,22-35,37-40H2,1-4H3,(H,58,65). The zero-order chi connectivity index (χ0) is 51.8. The second kappa shape index (κ2) is 24.0. The monoisotopic (exact) mass is 1050 g/mol. The van der Waals surface area contributed by atoms with Gasteiger partial charge >= 0.3 is 6.09 Å². The summed E-state index contributed by atoms with van der Waals surface area (Å²) in [6.07, 6.45) is 5.86. The lowest BCUT2D eigenvalue weighted by atomic mass is 9.71. The Hall–Kier alpha value is -5.17. The van der Waals surface area contributed by atoms with E-state index < -0.39 is 26.5 Å². The van der Waals surface area contributed by atoms with Crippen LogP contribution in [-0.2, 0) is 14.8 Å². The molecule has 8 rings (SSSR count). The topological polar surface area (TPSA) is 161 Å². The Bertz CT molecular complexity index is 2680. The average molecular weight is 1060 g/mol. The molecule has 392 valence electrons. The van der Waals surface area contributed by atoms with Crippen molar-refractivity contribution < 1.29 is 27.7 Å². The normalized spacial score (nSPS) is 20.0. The number of benzene rings is 4. The number of halogens is 1. The lowest BCUT2D eigenvalue weighted by Crippen LogP contribution is -2.52. The average Bonchev–Trinajstić information content (AvgIpc) is 3.89. The number of hydrogen-bond acceptors (Lipinski definition) is 13. The van der Waals surface area contributed by atoms with Gasteiger partial charge in [-0.25, -0.2) is 17.9 Å². The van der Waals surface area contributed by atoms with Crippen molar-refractivity contribution >= 4 is 68.0 Å². The predicted molar refractivity (Wildman–Crippen MR) is 292 cm³/mol. The van der Waals surface area contributed by atoms with E-state index in [-0.39, 0.29) is 39.4 Å². The summed E-state index contributed by atoms with van der Waals surface area (Å²) in [7, 11) is -4.46. The van der Waals surface area contributed by atoms with Gasteiger partial charge in [0.25, 0.3) is 21.6 Å². The molecule has 3 heterocycles. The molecule has 0 saturated carbocycles. The van der Waals surface area contributed by atoms with Gasteiger partial charge in [0.15, 0.2) is 0 Å². The van der Waals surface area contributed by atoms with E-state index in [1.165, 1.54) is 28.8 Å². The molecule has 2 unspecified atom stereocenters. The summed E-state index contributed by atoms with van der Waals surface area (Å²) >= 11 is 7.99. The minimum Gasteiger partial charge on any atom is -0.444 e. The molecular weight excluding hydrogens is 984 g/mol. The Labute approximate surface area is 440 Å². The van der Waals surface area contributed by atoms with Gasteiger partial charge in [0.1, 0.15) is 11.3 Å². The molecule has 2 amide bonds. The molecule has 4 aromatic rings. The van der Waals surface area contributed by atoms with E-state index in [0.717, 1.165) is 132 Å². The number of piperazine rings is 2. The van der Waals surface area contributed by atoms with Crippen LogP contribution in [-0.4, -0.2) is 147 Å². The van der Waals surface area contributed by atoms with E-state index in [1.54, 1.807) is 23.9 Å². The molecule has 15 nitrogen and oxygen atoms in total. The second-order valence-corrected chi connectivity index (χ2v) is 24.5. The zero-order valence-corrected chi connectivity index (χ0v) is 45.1. The number of hydrogen-bond donors (Lipinski definition) is 2. The van der Waals surface area contributed by atoms with E-state index in [2.05, 4.69) is 48.7 Å². The van der Waals surface area contributed by atoms with Crippen molar-refractivity contribution in [3.63, 3.8) is 0 Å². The van der Waals surface area contributed by atoms with Crippen LogP contribution in [0.25, 0.3) is 5.57 Å². The van der Waals surface area contributed by atoms with E-state index in [0.29, 0.717) is 18.8 Å². The van der Waals surface area contributed by atoms with Crippen LogP contribution in [0.2, 0.25) is 5.02 Å². The Balaban J connectivity index is 0.863. The lowest BCUT2D eigenvalue weighted by Gasteiger charge is -2.44. The summed E-state index contributed by atoms with van der Waals surface area (Å²) in [5.74, 6) is -0.166. The number of rotatable bonds is 18. The SMILES string of the molecule is CC1(CN2CCN(C(=O)OC(C)(C)C)CC2)CCC(c2ccc(Cl)cc2)=C(CN2CCN(c3ccc(C(=O)NS(=O)(=O)c4ccc(NC(CCN5CCCC5)CSc5ccccc5)c([N+](=O)[O-])c4)cc3)CC2)C1. The Morgan fingerprint density at radius 1 is 0.849 bits per heavy atom. The number of carbonyl (C=O) groups excluding carboxylic acids is 2. The number of sulfonamides is 1. The Morgan fingerprint density at radius 2 is 1.52 bits per heavy atom. The van der Waals surface area contributed by atoms with E-state index in [1.807, 2.05) is 80.3 Å². The highest BCUT2D eigenvalue weighted by molar-refractivity contribution is 7.99. The molecule has 3 fully saturated rings. The van der Waals surface area contributed by atoms with Gasteiger partial charge < -0.3 is 24.8 Å². The maximum Gasteiger partial charge on any atom is 0.410 e. The van der Waals surface area contributed by atoms with Crippen molar-refractivity contribution in [1.29, 1.82) is 0 Å². The Morgan fingerprint density at radius 3 is 2.18 bits per heavy atom. The summed E-state index contributed by atoms with van der Waals surface area (Å²) in [5, 5.41) is 16.5. The first-order valence-electron chi connectivity index (χ1n) is 25.7. The van der Waals surface area contributed by atoms with Crippen LogP contribution in [0.3, 0.4) is 0 Å². The van der Waals surface area contributed by atoms with Gasteiger partial charge in [0, 0.05) is 111 Å². The molecule has 73 heavy (non-hydrogen) atoms. The first-order valence-corrected chi connectivity index (χ1v) is 28.5. The number of nitro benzene ring substituents is 1. The van der Waals surface area contributed by atoms with Crippen LogP contribution < -0.4 is 14.9 Å². The third-order valence-electron chi connectivity index (χ3n) is 14.4. The van der Waals surface area contributed by atoms with Crippen LogP contribution in [0.5, 0.6) is 0 Å². The number of thioether (sulfide) groups is 1. The minimum atomic E-state index is -4.46. The maximum absolute atomic E-state index is 13.6. The summed E-state index contributed by atoms with van der Waals surface area (Å²) in [6.45, 7) is 19.0. The van der Waals surface area contributed by atoms with E-state index in [9.17, 15) is 28.1 Å². The third-order valence-corrected chi connectivity index (χ3v) is 17.2. The molecule has 3 aliphatic heterocycles. The van der Waals surface area contributed by atoms with Crippen molar-refractivity contribution in [1.82, 2.24) is 24.3 Å². The third kappa shape index (κ3) is 15.0. The fourth-order valence-electron chi connectivity index (χ4n) is 10.5. The quantitative estimate of drug-likeness (QED) is 0.0551. The number of nitrogens with one attached hydrogen (secondary N) is 2. The van der Waals surface area contributed by atoms with E-state index >= 15 is 0 Å². The molecular formula is C55H71ClN8O7S2. The number of nitro groups is 1. The van der Waals surface area contributed by atoms with Gasteiger partial charge in [-0.05, 0) is 150 Å². The van der Waals surface area contributed by atoms with Crippen molar-refractivity contribution in [2.75, 3.05) is 101 Å². The number of anilines is 2. The number of ether oxygens (including phenoxy) is 1. The molecule has 0 aromatic heterocycles. The van der Waals surface area contributed by atoms with Gasteiger partial charge in [-0.1, -0.05) is 54.4 Å². The van der Waals surface area contributed by atoms with Gasteiger partial charge in [0.05, 0.1) is 9.82 Å². The fraction of sp³-hybridized carbons (Fsp3) is 0.491. The summed E-state index contributed by atoms with van der Waals surface area (Å²) in [5.41, 5.74) is 4.56. The molecule has 3 saturated heterocycles. The highest BCUT2D eigenvalue weighted by Crippen LogP contribution is 2.44. The van der Waals surface area contributed by atoms with Crippen molar-refractivity contribution in [3.05, 3.63) is 129 Å². The molecule has 18 heteroatoms. The number of likely N-dealkylation sites (tertiary alicyclic amines) is 1. The predicted octanol–water partition coefficient (Wildman–Crippen LogP) is 9.74. The first kappa shape index (κ1) is 54.1. The van der Waals surface area contributed by atoms with Crippen molar-refractivity contribution in [2.24, 2.45) is 5.41 Å². The smallest absolute Gasteiger partial charge is 0.410 e.